The van der Waals surface area contributed by atoms with E-state index in [0.717, 1.165) is 22.2 Å². The Kier molecular flexibility index (Phi) is 5.75. The van der Waals surface area contributed by atoms with Crippen LogP contribution < -0.4 is 15.4 Å². The van der Waals surface area contributed by atoms with Gasteiger partial charge in [0, 0.05) is 36.7 Å². The number of ether oxygens (including phenoxy) is 1. The molecule has 1 amide bonds. The lowest BCUT2D eigenvalue weighted by Gasteiger charge is -2.33. The maximum atomic E-state index is 13.8. The zero-order chi connectivity index (χ0) is 17.6. The molecule has 0 unspecified atom stereocenters. The smallest absolute Gasteiger partial charge is 0.290 e. The number of fused-ring (bicyclic) bond motifs is 1. The summed E-state index contributed by atoms with van der Waals surface area (Å²) in [6.07, 6.45) is 2.55. The van der Waals surface area contributed by atoms with Gasteiger partial charge in [-0.1, -0.05) is 0 Å². The molecule has 0 aliphatic carbocycles. The molecular weight excluding hydrogens is 317 g/mol. The van der Waals surface area contributed by atoms with Gasteiger partial charge in [-0.05, 0) is 30.2 Å². The van der Waals surface area contributed by atoms with Crippen molar-refractivity contribution >= 4 is 23.3 Å². The number of alkyl halides is 1. The van der Waals surface area contributed by atoms with Crippen molar-refractivity contribution in [2.24, 2.45) is 0 Å². The van der Waals surface area contributed by atoms with Gasteiger partial charge in [-0.3, -0.25) is 9.59 Å². The standard InChI is InChI=1S/C15H18FN3O2.CH2O2/c1-21-11-2-3-13-12(6-11)10(7-19-13)4-5-18-14(20)15(16)8-17-9-15;2-1-3/h2-3,6-7,17,19H,4-5,8-9H2,1H3,(H,18,20);1H,(H,2,3). The predicted octanol–water partition coefficient (Wildman–Crippen LogP) is 0.847. The third-order valence-electron chi connectivity index (χ3n) is 3.87. The van der Waals surface area contributed by atoms with Gasteiger partial charge < -0.3 is 25.5 Å². The zero-order valence-corrected chi connectivity index (χ0v) is 13.3. The summed E-state index contributed by atoms with van der Waals surface area (Å²) in [5.74, 6) is 0.259. The van der Waals surface area contributed by atoms with Crippen molar-refractivity contribution in [2.75, 3.05) is 26.7 Å². The van der Waals surface area contributed by atoms with E-state index < -0.39 is 11.6 Å². The number of carbonyl (C=O) groups is 2. The first-order chi connectivity index (χ1) is 11.5. The minimum atomic E-state index is -1.73. The average Bonchev–Trinajstić information content (AvgIpc) is 2.95. The topological polar surface area (TPSA) is 103 Å². The Labute approximate surface area is 138 Å². The molecule has 2 aromatic rings. The minimum absolute atomic E-state index is 0.100. The number of carboxylic acid groups (broad SMARTS) is 1. The average molecular weight is 337 g/mol. The number of amides is 1. The van der Waals surface area contributed by atoms with Gasteiger partial charge in [-0.15, -0.1) is 0 Å². The molecule has 2 heterocycles. The monoisotopic (exact) mass is 337 g/mol. The molecule has 3 rings (SSSR count). The fourth-order valence-electron chi connectivity index (χ4n) is 2.47. The number of nitrogens with one attached hydrogen (secondary N) is 3. The summed E-state index contributed by atoms with van der Waals surface area (Å²) < 4.78 is 19.0. The van der Waals surface area contributed by atoms with Gasteiger partial charge >= 0.3 is 0 Å². The number of benzene rings is 1. The Hall–Kier alpha value is -2.61. The van der Waals surface area contributed by atoms with Crippen LogP contribution in [-0.4, -0.2) is 54.9 Å². The normalized spacial score (nSPS) is 14.9. The van der Waals surface area contributed by atoms with E-state index in [0.29, 0.717) is 13.0 Å². The van der Waals surface area contributed by atoms with E-state index in [9.17, 15) is 9.18 Å². The lowest BCUT2D eigenvalue weighted by Crippen LogP contribution is -2.64. The fraction of sp³-hybridized carbons (Fsp3) is 0.375. The first-order valence-corrected chi connectivity index (χ1v) is 7.44. The largest absolute Gasteiger partial charge is 0.497 e. The summed E-state index contributed by atoms with van der Waals surface area (Å²) >= 11 is 0. The second-order valence-corrected chi connectivity index (χ2v) is 5.41. The third kappa shape index (κ3) is 3.83. The molecule has 1 aliphatic heterocycles. The van der Waals surface area contributed by atoms with Gasteiger partial charge in [0.2, 0.25) is 5.67 Å². The minimum Gasteiger partial charge on any atom is -0.497 e. The lowest BCUT2D eigenvalue weighted by molar-refractivity contribution is -0.136. The van der Waals surface area contributed by atoms with Gasteiger partial charge in [0.05, 0.1) is 7.11 Å². The Morgan fingerprint density at radius 3 is 2.79 bits per heavy atom. The van der Waals surface area contributed by atoms with E-state index in [1.807, 2.05) is 24.4 Å². The summed E-state index contributed by atoms with van der Waals surface area (Å²) in [4.78, 5) is 23.2. The van der Waals surface area contributed by atoms with Crippen LogP contribution >= 0.6 is 0 Å². The van der Waals surface area contributed by atoms with E-state index in [1.54, 1.807) is 7.11 Å². The predicted molar refractivity (Wildman–Crippen MR) is 87.0 cm³/mol. The van der Waals surface area contributed by atoms with Gasteiger partial charge in [0.15, 0.2) is 0 Å². The highest BCUT2D eigenvalue weighted by molar-refractivity contribution is 5.87. The molecule has 24 heavy (non-hydrogen) atoms. The van der Waals surface area contributed by atoms with Crippen LogP contribution in [0, 0.1) is 0 Å². The highest BCUT2D eigenvalue weighted by Gasteiger charge is 2.44. The lowest BCUT2D eigenvalue weighted by atomic mass is 9.98. The molecule has 0 spiro atoms. The van der Waals surface area contributed by atoms with Crippen molar-refractivity contribution in [2.45, 2.75) is 12.1 Å². The second kappa shape index (κ2) is 7.78. The van der Waals surface area contributed by atoms with Crippen molar-refractivity contribution in [3.8, 4) is 5.75 Å². The molecule has 1 aliphatic rings. The molecule has 1 fully saturated rings. The van der Waals surface area contributed by atoms with Crippen molar-refractivity contribution in [3.05, 3.63) is 30.0 Å². The molecule has 0 radical (unpaired) electrons. The Bertz CT molecular complexity index is 712. The molecule has 0 saturated carbocycles. The van der Waals surface area contributed by atoms with Gasteiger partial charge in [0.1, 0.15) is 5.75 Å². The fourth-order valence-corrected chi connectivity index (χ4v) is 2.47. The molecule has 1 aromatic heterocycles. The summed E-state index contributed by atoms with van der Waals surface area (Å²) in [5.41, 5.74) is 0.356. The van der Waals surface area contributed by atoms with Crippen molar-refractivity contribution in [1.82, 2.24) is 15.6 Å². The highest BCUT2D eigenvalue weighted by Crippen LogP contribution is 2.24. The number of methoxy groups -OCH3 is 1. The van der Waals surface area contributed by atoms with Crippen LogP contribution in [0.5, 0.6) is 5.75 Å². The van der Waals surface area contributed by atoms with Crippen LogP contribution in [0.25, 0.3) is 10.9 Å². The van der Waals surface area contributed by atoms with E-state index in [1.165, 1.54) is 0 Å². The number of aromatic nitrogens is 1. The number of hydrogen-bond donors (Lipinski definition) is 4. The Morgan fingerprint density at radius 1 is 1.50 bits per heavy atom. The molecule has 0 atom stereocenters. The van der Waals surface area contributed by atoms with Crippen LogP contribution in [0.1, 0.15) is 5.56 Å². The quantitative estimate of drug-likeness (QED) is 0.606. The third-order valence-corrected chi connectivity index (χ3v) is 3.87. The van der Waals surface area contributed by atoms with Gasteiger partial charge in [-0.25, -0.2) is 4.39 Å². The van der Waals surface area contributed by atoms with E-state index >= 15 is 0 Å². The molecular formula is C16H20FN3O4. The molecule has 0 bridgehead atoms. The SMILES string of the molecule is COc1ccc2[nH]cc(CCNC(=O)C3(F)CNC3)c2c1.O=CO. The highest BCUT2D eigenvalue weighted by atomic mass is 19.1. The molecule has 7 nitrogen and oxygen atoms in total. The van der Waals surface area contributed by atoms with E-state index in [4.69, 9.17) is 14.6 Å². The number of aromatic amines is 1. The van der Waals surface area contributed by atoms with E-state index in [2.05, 4.69) is 15.6 Å². The Morgan fingerprint density at radius 2 is 2.21 bits per heavy atom. The van der Waals surface area contributed by atoms with Crippen LogP contribution in [0.3, 0.4) is 0 Å². The van der Waals surface area contributed by atoms with Crippen LogP contribution in [0.2, 0.25) is 0 Å². The summed E-state index contributed by atoms with van der Waals surface area (Å²) in [7, 11) is 1.63. The number of rotatable bonds is 5. The summed E-state index contributed by atoms with van der Waals surface area (Å²) in [6, 6.07) is 5.79. The van der Waals surface area contributed by atoms with Crippen LogP contribution in [0.4, 0.5) is 4.39 Å². The van der Waals surface area contributed by atoms with Crippen molar-refractivity contribution in [3.63, 3.8) is 0 Å². The maximum absolute atomic E-state index is 13.8. The molecule has 1 saturated heterocycles. The molecule has 130 valence electrons. The van der Waals surface area contributed by atoms with Crippen LogP contribution in [0.15, 0.2) is 24.4 Å². The van der Waals surface area contributed by atoms with Gasteiger partial charge in [-0.2, -0.15) is 0 Å². The molecule has 8 heteroatoms. The first-order valence-electron chi connectivity index (χ1n) is 7.44. The zero-order valence-electron chi connectivity index (χ0n) is 13.3. The maximum Gasteiger partial charge on any atom is 0.290 e. The van der Waals surface area contributed by atoms with E-state index in [-0.39, 0.29) is 19.6 Å². The summed E-state index contributed by atoms with van der Waals surface area (Å²) in [5, 5.41) is 13.4. The summed E-state index contributed by atoms with van der Waals surface area (Å²) in [6.45, 7) is 0.362. The first kappa shape index (κ1) is 17.7. The number of H-pyrrole nitrogens is 1. The second-order valence-electron chi connectivity index (χ2n) is 5.41. The molecule has 1 aromatic carbocycles. The van der Waals surface area contributed by atoms with Crippen molar-refractivity contribution in [1.29, 1.82) is 0 Å². The number of carbonyl (C=O) groups excluding carboxylic acids is 1. The van der Waals surface area contributed by atoms with Gasteiger partial charge in [0.25, 0.3) is 12.4 Å². The Balaban J connectivity index is 0.000000647. The molecule has 4 N–H and O–H groups in total. The number of hydrogen-bond acceptors (Lipinski definition) is 4. The number of halogens is 1. The van der Waals surface area contributed by atoms with Crippen molar-refractivity contribution < 1.29 is 23.8 Å². The van der Waals surface area contributed by atoms with Crippen LogP contribution in [-0.2, 0) is 16.0 Å².